The Morgan fingerprint density at radius 3 is 2.81 bits per heavy atom. The van der Waals surface area contributed by atoms with Gasteiger partial charge in [0.25, 0.3) is 0 Å². The van der Waals surface area contributed by atoms with Crippen LogP contribution in [0.1, 0.15) is 18.4 Å². The van der Waals surface area contributed by atoms with Gasteiger partial charge in [0.1, 0.15) is 13.2 Å². The number of fused-ring (bicyclic) bond motifs is 1. The molecule has 0 amide bonds. The van der Waals surface area contributed by atoms with Gasteiger partial charge in [-0.2, -0.15) is 0 Å². The molecule has 2 aliphatic rings. The lowest BCUT2D eigenvalue weighted by Crippen LogP contribution is -2.34. The van der Waals surface area contributed by atoms with E-state index in [1.54, 1.807) is 0 Å². The molecule has 5 heteroatoms. The van der Waals surface area contributed by atoms with Crippen LogP contribution in [-0.2, 0) is 6.54 Å². The van der Waals surface area contributed by atoms with Crippen LogP contribution in [0.15, 0.2) is 12.1 Å². The summed E-state index contributed by atoms with van der Waals surface area (Å²) in [7, 11) is 2.17. The van der Waals surface area contributed by atoms with Gasteiger partial charge in [0.2, 0.25) is 0 Å². The van der Waals surface area contributed by atoms with Crippen LogP contribution in [0.3, 0.4) is 0 Å². The van der Waals surface area contributed by atoms with Crippen molar-refractivity contribution in [2.24, 2.45) is 5.92 Å². The third-order valence-corrected chi connectivity index (χ3v) is 4.42. The summed E-state index contributed by atoms with van der Waals surface area (Å²) in [4.78, 5) is 2.37. The van der Waals surface area contributed by atoms with Gasteiger partial charge >= 0.3 is 0 Å². The van der Waals surface area contributed by atoms with Crippen molar-refractivity contribution in [3.05, 3.63) is 22.7 Å². The molecule has 1 N–H and O–H groups in total. The molecule has 0 radical (unpaired) electrons. The summed E-state index contributed by atoms with van der Waals surface area (Å²) in [6.07, 6.45) is 2.54. The molecule has 0 aromatic heterocycles. The smallest absolute Gasteiger partial charge is 0.179 e. The summed E-state index contributed by atoms with van der Waals surface area (Å²) < 4.78 is 11.2. The van der Waals surface area contributed by atoms with Crippen LogP contribution in [0, 0.1) is 5.92 Å². The maximum atomic E-state index is 6.29. The monoisotopic (exact) mass is 310 g/mol. The summed E-state index contributed by atoms with van der Waals surface area (Å²) in [6.45, 7) is 5.48. The Morgan fingerprint density at radius 2 is 2.00 bits per heavy atom. The predicted molar refractivity (Wildman–Crippen MR) is 84.4 cm³/mol. The minimum absolute atomic E-state index is 0.571. The number of nitrogens with zero attached hydrogens (tertiary/aromatic N) is 1. The van der Waals surface area contributed by atoms with Gasteiger partial charge in [0, 0.05) is 13.1 Å². The molecule has 4 nitrogen and oxygen atoms in total. The molecule has 2 aliphatic heterocycles. The first-order valence-corrected chi connectivity index (χ1v) is 8.07. The molecule has 21 heavy (non-hydrogen) atoms. The topological polar surface area (TPSA) is 33.7 Å². The van der Waals surface area contributed by atoms with E-state index >= 15 is 0 Å². The Hall–Kier alpha value is -0.970. The molecule has 1 aromatic rings. The highest BCUT2D eigenvalue weighted by Crippen LogP contribution is 2.38. The molecule has 0 atom stereocenters. The van der Waals surface area contributed by atoms with Gasteiger partial charge in [-0.1, -0.05) is 11.6 Å². The predicted octanol–water partition coefficient (Wildman–Crippen LogP) is 2.54. The third-order valence-electron chi connectivity index (χ3n) is 4.14. The van der Waals surface area contributed by atoms with E-state index in [0.29, 0.717) is 24.0 Å². The van der Waals surface area contributed by atoms with Crippen LogP contribution in [0.5, 0.6) is 11.5 Å². The maximum Gasteiger partial charge on any atom is 0.179 e. The number of hydrogen-bond donors (Lipinski definition) is 1. The van der Waals surface area contributed by atoms with Crippen LogP contribution < -0.4 is 14.8 Å². The van der Waals surface area contributed by atoms with Gasteiger partial charge < -0.3 is 19.7 Å². The number of nitrogens with one attached hydrogen (secondary N) is 1. The SMILES string of the molecule is CN(Cc1cc(Cl)c2c(c1)OCCO2)CC1CCNCC1. The van der Waals surface area contributed by atoms with Gasteiger partial charge in [-0.15, -0.1) is 0 Å². The number of benzene rings is 1. The van der Waals surface area contributed by atoms with Crippen molar-refractivity contribution >= 4 is 11.6 Å². The fraction of sp³-hybridized carbons (Fsp3) is 0.625. The highest BCUT2D eigenvalue weighted by molar-refractivity contribution is 6.32. The third kappa shape index (κ3) is 3.82. The summed E-state index contributed by atoms with van der Waals surface area (Å²) in [6, 6.07) is 4.05. The second-order valence-electron chi connectivity index (χ2n) is 5.99. The lowest BCUT2D eigenvalue weighted by molar-refractivity contribution is 0.171. The molecule has 116 valence electrons. The summed E-state index contributed by atoms with van der Waals surface area (Å²) in [5.41, 5.74) is 1.18. The van der Waals surface area contributed by atoms with E-state index in [1.165, 1.54) is 18.4 Å². The van der Waals surface area contributed by atoms with Gasteiger partial charge in [0.15, 0.2) is 11.5 Å². The van der Waals surface area contributed by atoms with E-state index in [-0.39, 0.29) is 0 Å². The van der Waals surface area contributed by atoms with Crippen molar-refractivity contribution in [2.45, 2.75) is 19.4 Å². The maximum absolute atomic E-state index is 6.29. The zero-order valence-electron chi connectivity index (χ0n) is 12.5. The molecule has 1 aromatic carbocycles. The van der Waals surface area contributed by atoms with Crippen molar-refractivity contribution in [1.29, 1.82) is 0 Å². The molecule has 2 heterocycles. The van der Waals surface area contributed by atoms with Crippen molar-refractivity contribution < 1.29 is 9.47 Å². The number of halogens is 1. The fourth-order valence-electron chi connectivity index (χ4n) is 3.14. The second-order valence-corrected chi connectivity index (χ2v) is 6.40. The van der Waals surface area contributed by atoms with Crippen LogP contribution in [0.2, 0.25) is 5.02 Å². The Kier molecular flexibility index (Phi) is 4.88. The van der Waals surface area contributed by atoms with Gasteiger partial charge in [-0.3, -0.25) is 0 Å². The van der Waals surface area contributed by atoms with Gasteiger partial charge in [-0.25, -0.2) is 0 Å². The van der Waals surface area contributed by atoms with E-state index in [1.807, 2.05) is 6.07 Å². The summed E-state index contributed by atoms with van der Waals surface area (Å²) >= 11 is 6.29. The Balaban J connectivity index is 1.62. The first kappa shape index (κ1) is 14.9. The van der Waals surface area contributed by atoms with Crippen LogP contribution in [0.25, 0.3) is 0 Å². The van der Waals surface area contributed by atoms with E-state index in [2.05, 4.69) is 23.3 Å². The largest absolute Gasteiger partial charge is 0.486 e. The first-order chi connectivity index (χ1) is 10.2. The molecular weight excluding hydrogens is 288 g/mol. The molecule has 0 unspecified atom stereocenters. The van der Waals surface area contributed by atoms with E-state index in [4.69, 9.17) is 21.1 Å². The Bertz CT molecular complexity index is 489. The summed E-state index contributed by atoms with van der Waals surface area (Å²) in [5.74, 6) is 2.26. The van der Waals surface area contributed by atoms with Gasteiger partial charge in [-0.05, 0) is 56.6 Å². The number of rotatable bonds is 4. The minimum Gasteiger partial charge on any atom is -0.486 e. The Labute approximate surface area is 131 Å². The molecule has 0 saturated carbocycles. The highest BCUT2D eigenvalue weighted by Gasteiger charge is 2.18. The fourth-order valence-corrected chi connectivity index (χ4v) is 3.42. The zero-order valence-corrected chi connectivity index (χ0v) is 13.3. The standard InChI is InChI=1S/C16H23ClN2O2/c1-19(10-12-2-4-18-5-3-12)11-13-8-14(17)16-15(9-13)20-6-7-21-16/h8-9,12,18H,2-7,10-11H2,1H3. The van der Waals surface area contributed by atoms with Crippen molar-refractivity contribution in [3.8, 4) is 11.5 Å². The lowest BCUT2D eigenvalue weighted by atomic mass is 9.97. The quantitative estimate of drug-likeness (QED) is 0.926. The minimum atomic E-state index is 0.571. The molecule has 0 aliphatic carbocycles. The average molecular weight is 311 g/mol. The lowest BCUT2D eigenvalue weighted by Gasteiger charge is -2.28. The van der Waals surface area contributed by atoms with Crippen molar-refractivity contribution in [2.75, 3.05) is 39.9 Å². The second kappa shape index (κ2) is 6.86. The van der Waals surface area contributed by atoms with Gasteiger partial charge in [0.05, 0.1) is 5.02 Å². The van der Waals surface area contributed by atoms with E-state index in [9.17, 15) is 0 Å². The number of piperidine rings is 1. The van der Waals surface area contributed by atoms with Crippen molar-refractivity contribution in [1.82, 2.24) is 10.2 Å². The number of hydrogen-bond acceptors (Lipinski definition) is 4. The zero-order chi connectivity index (χ0) is 14.7. The summed E-state index contributed by atoms with van der Waals surface area (Å²) in [5, 5.41) is 4.06. The highest BCUT2D eigenvalue weighted by atomic mass is 35.5. The van der Waals surface area contributed by atoms with Crippen molar-refractivity contribution in [3.63, 3.8) is 0 Å². The van der Waals surface area contributed by atoms with E-state index in [0.717, 1.165) is 37.8 Å². The molecule has 1 fully saturated rings. The van der Waals surface area contributed by atoms with Crippen LogP contribution >= 0.6 is 11.6 Å². The average Bonchev–Trinajstić information content (AvgIpc) is 2.48. The van der Waals surface area contributed by atoms with Crippen LogP contribution in [-0.4, -0.2) is 44.8 Å². The molecule has 0 spiro atoms. The molecule has 1 saturated heterocycles. The molecular formula is C16H23ClN2O2. The first-order valence-electron chi connectivity index (χ1n) is 7.69. The van der Waals surface area contributed by atoms with E-state index < -0.39 is 0 Å². The normalized spacial score (nSPS) is 19.0. The Morgan fingerprint density at radius 1 is 1.24 bits per heavy atom. The molecule has 0 bridgehead atoms. The van der Waals surface area contributed by atoms with Crippen LogP contribution in [0.4, 0.5) is 0 Å². The number of ether oxygens (including phenoxy) is 2. The molecule has 3 rings (SSSR count).